The molecule has 0 radical (unpaired) electrons. The predicted octanol–water partition coefficient (Wildman–Crippen LogP) is 1.86. The summed E-state index contributed by atoms with van der Waals surface area (Å²) in [5.74, 6) is -0.123. The first-order valence-corrected chi connectivity index (χ1v) is 6.94. The van der Waals surface area contributed by atoms with E-state index in [0.29, 0.717) is 9.87 Å². The molecule has 1 aromatic heterocycles. The van der Waals surface area contributed by atoms with Crippen LogP contribution in [0.3, 0.4) is 0 Å². The number of thiazole rings is 1. The van der Waals surface area contributed by atoms with Crippen LogP contribution in [0.2, 0.25) is 0 Å². The van der Waals surface area contributed by atoms with Crippen LogP contribution >= 0.6 is 23.6 Å². The Bertz CT molecular complexity index is 410. The lowest BCUT2D eigenvalue weighted by molar-refractivity contribution is 0.0912. The number of hydrogen-bond donors (Lipinski definition) is 2. The molecular formula is C11H15N3OS2. The van der Waals surface area contributed by atoms with E-state index in [1.54, 1.807) is 11.7 Å². The SMILES string of the molecule is NC(=S)C1(NC(=O)c2cncs2)CCCCC1. The lowest BCUT2D eigenvalue weighted by Gasteiger charge is -2.36. The van der Waals surface area contributed by atoms with E-state index < -0.39 is 5.54 Å². The third kappa shape index (κ3) is 2.63. The second-order valence-corrected chi connectivity index (χ2v) is 5.65. The zero-order valence-electron chi connectivity index (χ0n) is 9.44. The summed E-state index contributed by atoms with van der Waals surface area (Å²) in [6.45, 7) is 0. The van der Waals surface area contributed by atoms with Gasteiger partial charge in [0.25, 0.3) is 5.91 Å². The first-order valence-electron chi connectivity index (χ1n) is 5.65. The zero-order valence-corrected chi connectivity index (χ0v) is 11.1. The molecule has 3 N–H and O–H groups in total. The third-order valence-electron chi connectivity index (χ3n) is 3.19. The molecule has 0 unspecified atom stereocenters. The topological polar surface area (TPSA) is 68.0 Å². The highest BCUT2D eigenvalue weighted by Crippen LogP contribution is 2.29. The van der Waals surface area contributed by atoms with Gasteiger partial charge in [-0.25, -0.2) is 0 Å². The largest absolute Gasteiger partial charge is 0.391 e. The van der Waals surface area contributed by atoms with E-state index in [0.717, 1.165) is 25.7 Å². The zero-order chi connectivity index (χ0) is 12.3. The summed E-state index contributed by atoms with van der Waals surface area (Å²) in [5, 5.41) is 3.00. The van der Waals surface area contributed by atoms with Crippen LogP contribution in [0.4, 0.5) is 0 Å². The third-order valence-corrected chi connectivity index (χ3v) is 4.35. The molecule has 1 aliphatic rings. The maximum atomic E-state index is 12.0. The van der Waals surface area contributed by atoms with Crippen LogP contribution in [0.5, 0.6) is 0 Å². The molecule has 0 bridgehead atoms. The Labute approximate surface area is 110 Å². The fourth-order valence-electron chi connectivity index (χ4n) is 2.20. The molecule has 1 amide bonds. The van der Waals surface area contributed by atoms with E-state index in [4.69, 9.17) is 18.0 Å². The molecule has 17 heavy (non-hydrogen) atoms. The molecule has 0 atom stereocenters. The number of nitrogens with one attached hydrogen (secondary N) is 1. The predicted molar refractivity (Wildman–Crippen MR) is 72.2 cm³/mol. The van der Waals surface area contributed by atoms with E-state index in [9.17, 15) is 4.79 Å². The van der Waals surface area contributed by atoms with Gasteiger partial charge in [-0.2, -0.15) is 0 Å². The lowest BCUT2D eigenvalue weighted by Crippen LogP contribution is -2.57. The lowest BCUT2D eigenvalue weighted by atomic mass is 9.81. The van der Waals surface area contributed by atoms with E-state index >= 15 is 0 Å². The Morgan fingerprint density at radius 1 is 1.47 bits per heavy atom. The number of nitrogens with two attached hydrogens (primary N) is 1. The summed E-state index contributed by atoms with van der Waals surface area (Å²) in [6.07, 6.45) is 6.54. The average Bonchev–Trinajstić information content (AvgIpc) is 2.83. The minimum absolute atomic E-state index is 0.123. The molecule has 6 heteroatoms. The number of aromatic nitrogens is 1. The molecule has 0 saturated heterocycles. The number of thiocarbonyl (C=S) groups is 1. The summed E-state index contributed by atoms with van der Waals surface area (Å²) < 4.78 is 0. The van der Waals surface area contributed by atoms with Gasteiger partial charge in [-0.05, 0) is 12.8 Å². The van der Waals surface area contributed by atoms with Crippen LogP contribution in [0, 0.1) is 0 Å². The van der Waals surface area contributed by atoms with E-state index in [1.807, 2.05) is 0 Å². The summed E-state index contributed by atoms with van der Waals surface area (Å²) in [4.78, 5) is 16.9. The summed E-state index contributed by atoms with van der Waals surface area (Å²) in [7, 11) is 0. The van der Waals surface area contributed by atoms with Gasteiger partial charge in [0.15, 0.2) is 0 Å². The molecule has 1 heterocycles. The second kappa shape index (κ2) is 5.10. The van der Waals surface area contributed by atoms with Gasteiger partial charge >= 0.3 is 0 Å². The molecule has 2 rings (SSSR count). The van der Waals surface area contributed by atoms with E-state index in [1.165, 1.54) is 17.8 Å². The smallest absolute Gasteiger partial charge is 0.263 e. The van der Waals surface area contributed by atoms with Gasteiger partial charge in [-0.3, -0.25) is 9.78 Å². The first-order chi connectivity index (χ1) is 8.14. The monoisotopic (exact) mass is 269 g/mol. The molecular weight excluding hydrogens is 254 g/mol. The van der Waals surface area contributed by atoms with Crippen molar-refractivity contribution in [1.82, 2.24) is 10.3 Å². The van der Waals surface area contributed by atoms with Crippen molar-refractivity contribution < 1.29 is 4.79 Å². The minimum atomic E-state index is -0.491. The number of hydrogen-bond acceptors (Lipinski definition) is 4. The average molecular weight is 269 g/mol. The number of carbonyl (C=O) groups excluding carboxylic acids is 1. The summed E-state index contributed by atoms with van der Waals surface area (Å²) in [6, 6.07) is 0. The number of amides is 1. The second-order valence-electron chi connectivity index (χ2n) is 4.33. The van der Waals surface area contributed by atoms with Crippen LogP contribution in [0.25, 0.3) is 0 Å². The highest BCUT2D eigenvalue weighted by atomic mass is 32.1. The Morgan fingerprint density at radius 3 is 2.71 bits per heavy atom. The highest BCUT2D eigenvalue weighted by Gasteiger charge is 2.36. The van der Waals surface area contributed by atoms with E-state index in [-0.39, 0.29) is 5.91 Å². The maximum Gasteiger partial charge on any atom is 0.263 e. The Balaban J connectivity index is 2.13. The van der Waals surface area contributed by atoms with Gasteiger partial charge in [0.1, 0.15) is 4.88 Å². The van der Waals surface area contributed by atoms with Crippen LogP contribution < -0.4 is 11.1 Å². The van der Waals surface area contributed by atoms with Gasteiger partial charge < -0.3 is 11.1 Å². The van der Waals surface area contributed by atoms with Gasteiger partial charge in [-0.15, -0.1) is 11.3 Å². The molecule has 1 aliphatic carbocycles. The van der Waals surface area contributed by atoms with Gasteiger partial charge in [0.2, 0.25) is 0 Å². The Kier molecular flexibility index (Phi) is 3.73. The fourth-order valence-corrected chi connectivity index (χ4v) is 2.97. The van der Waals surface area contributed by atoms with Crippen LogP contribution in [-0.2, 0) is 0 Å². The Hall–Kier alpha value is -1.01. The van der Waals surface area contributed by atoms with Crippen molar-refractivity contribution in [3.63, 3.8) is 0 Å². The summed E-state index contributed by atoms with van der Waals surface area (Å²) in [5.41, 5.74) is 6.96. The molecule has 1 fully saturated rings. The number of rotatable bonds is 3. The number of nitrogens with zero attached hydrogens (tertiary/aromatic N) is 1. The van der Waals surface area contributed by atoms with Crippen molar-refractivity contribution >= 4 is 34.5 Å². The van der Waals surface area contributed by atoms with Gasteiger partial charge in [0.05, 0.1) is 22.2 Å². The van der Waals surface area contributed by atoms with Crippen molar-refractivity contribution in [2.75, 3.05) is 0 Å². The van der Waals surface area contributed by atoms with Crippen molar-refractivity contribution in [2.45, 2.75) is 37.6 Å². The number of carbonyl (C=O) groups is 1. The summed E-state index contributed by atoms with van der Waals surface area (Å²) >= 11 is 6.45. The molecule has 92 valence electrons. The Morgan fingerprint density at radius 2 is 2.18 bits per heavy atom. The van der Waals surface area contributed by atoms with Crippen LogP contribution in [-0.4, -0.2) is 21.4 Å². The molecule has 1 aromatic rings. The van der Waals surface area contributed by atoms with Crippen molar-refractivity contribution in [3.05, 3.63) is 16.6 Å². The first kappa shape index (κ1) is 12.4. The quantitative estimate of drug-likeness (QED) is 0.822. The molecule has 0 aliphatic heterocycles. The van der Waals surface area contributed by atoms with Crippen molar-refractivity contribution in [3.8, 4) is 0 Å². The van der Waals surface area contributed by atoms with Crippen molar-refractivity contribution in [2.24, 2.45) is 5.73 Å². The molecule has 4 nitrogen and oxygen atoms in total. The molecule has 1 saturated carbocycles. The van der Waals surface area contributed by atoms with Crippen molar-refractivity contribution in [1.29, 1.82) is 0 Å². The maximum absolute atomic E-state index is 12.0. The van der Waals surface area contributed by atoms with Crippen LogP contribution in [0.15, 0.2) is 11.7 Å². The molecule has 0 spiro atoms. The fraction of sp³-hybridized carbons (Fsp3) is 0.545. The van der Waals surface area contributed by atoms with E-state index in [2.05, 4.69) is 10.3 Å². The van der Waals surface area contributed by atoms with Gasteiger partial charge in [-0.1, -0.05) is 31.5 Å². The van der Waals surface area contributed by atoms with Gasteiger partial charge in [0, 0.05) is 0 Å². The van der Waals surface area contributed by atoms with Crippen LogP contribution in [0.1, 0.15) is 41.8 Å². The standard InChI is InChI=1S/C11H15N3OS2/c12-10(16)11(4-2-1-3-5-11)14-9(15)8-6-13-7-17-8/h6-7H,1-5H2,(H2,12,16)(H,14,15). The highest BCUT2D eigenvalue weighted by molar-refractivity contribution is 7.80. The minimum Gasteiger partial charge on any atom is -0.391 e. The normalized spacial score (nSPS) is 18.6. The molecule has 0 aromatic carbocycles.